The van der Waals surface area contributed by atoms with E-state index in [2.05, 4.69) is 0 Å². The molecule has 154 valence electrons. The van der Waals surface area contributed by atoms with Gasteiger partial charge in [0.25, 0.3) is 0 Å². The summed E-state index contributed by atoms with van der Waals surface area (Å²) < 4.78 is 0. The van der Waals surface area contributed by atoms with Gasteiger partial charge in [-0.3, -0.25) is 39.0 Å². The lowest BCUT2D eigenvalue weighted by atomic mass is 10.2. The van der Waals surface area contributed by atoms with Crippen LogP contribution >= 0.6 is 0 Å². The van der Waals surface area contributed by atoms with Crippen LogP contribution in [0.5, 0.6) is 0 Å². The number of urea groups is 2. The second-order valence-corrected chi connectivity index (χ2v) is 7.09. The first-order chi connectivity index (χ1) is 13.3. The van der Waals surface area contributed by atoms with Crippen molar-refractivity contribution >= 4 is 24.0 Å². The maximum Gasteiger partial charge on any atom is 0.325 e. The number of aliphatic hydroxyl groups excluding tert-OH is 2. The molecule has 4 heterocycles. The zero-order valence-electron chi connectivity index (χ0n) is 14.7. The summed E-state index contributed by atoms with van der Waals surface area (Å²) in [5.74, 6) is -2.54. The second-order valence-electron chi connectivity index (χ2n) is 7.09. The number of nitrogens with zero attached hydrogens (tertiary/aromatic N) is 6. The third-order valence-electron chi connectivity index (χ3n) is 5.66. The summed E-state index contributed by atoms with van der Waals surface area (Å²) >= 11 is 0. The number of aliphatic hydroxyl groups is 2. The molecule has 0 radical (unpaired) electrons. The van der Waals surface area contributed by atoms with E-state index < -0.39 is 61.6 Å². The molecule has 0 bridgehead atoms. The molecule has 0 aromatic rings. The number of aliphatic carboxylic acids is 2. The standard InChI is InChI=1S/C14H20N6O8/c21-1-7(11(23)24)15-3-17-9-10-19(13(17)27)5-16(8(2-22)12(25)26)6-20(10)14(28)18(9)4-15/h7-10,21-22H,1-6H2,(H,23,24)(H,25,26). The predicted molar refractivity (Wildman–Crippen MR) is 85.9 cm³/mol. The zero-order valence-corrected chi connectivity index (χ0v) is 14.7. The van der Waals surface area contributed by atoms with Crippen LogP contribution in [-0.2, 0) is 9.59 Å². The van der Waals surface area contributed by atoms with Crippen molar-refractivity contribution in [1.29, 1.82) is 0 Å². The van der Waals surface area contributed by atoms with Crippen molar-refractivity contribution in [2.45, 2.75) is 24.4 Å². The van der Waals surface area contributed by atoms with Gasteiger partial charge in [-0.05, 0) is 0 Å². The van der Waals surface area contributed by atoms with Crippen molar-refractivity contribution in [3.8, 4) is 0 Å². The Morgan fingerprint density at radius 2 is 1.04 bits per heavy atom. The Bertz CT molecular complexity index is 643. The summed E-state index contributed by atoms with van der Waals surface area (Å²) in [7, 11) is 0. The summed E-state index contributed by atoms with van der Waals surface area (Å²) in [5.41, 5.74) is 0. The highest BCUT2D eigenvalue weighted by atomic mass is 16.4. The van der Waals surface area contributed by atoms with Crippen LogP contribution in [0.15, 0.2) is 0 Å². The number of hydrogen-bond donors (Lipinski definition) is 4. The molecule has 0 aromatic carbocycles. The normalized spacial score (nSPS) is 29.4. The van der Waals surface area contributed by atoms with Gasteiger partial charge in [0.05, 0.1) is 39.9 Å². The van der Waals surface area contributed by atoms with Crippen molar-refractivity contribution in [3.05, 3.63) is 0 Å². The monoisotopic (exact) mass is 400 g/mol. The van der Waals surface area contributed by atoms with Crippen LogP contribution in [-0.4, -0.2) is 138 Å². The molecule has 4 aliphatic rings. The van der Waals surface area contributed by atoms with Gasteiger partial charge in [0.2, 0.25) is 0 Å². The lowest BCUT2D eigenvalue weighted by molar-refractivity contribution is -0.151. The van der Waals surface area contributed by atoms with Gasteiger partial charge in [-0.2, -0.15) is 0 Å². The van der Waals surface area contributed by atoms with Gasteiger partial charge in [0.1, 0.15) is 12.1 Å². The number of hydrogen-bond acceptors (Lipinski definition) is 8. The fraction of sp³-hybridized carbons (Fsp3) is 0.714. The lowest BCUT2D eigenvalue weighted by Gasteiger charge is -2.44. The molecule has 4 aliphatic heterocycles. The minimum Gasteiger partial charge on any atom is -0.480 e. The Labute approximate surface area is 158 Å². The lowest BCUT2D eigenvalue weighted by Crippen LogP contribution is -2.64. The summed E-state index contributed by atoms with van der Waals surface area (Å²) in [5, 5.41) is 37.4. The summed E-state index contributed by atoms with van der Waals surface area (Å²) in [4.78, 5) is 56.6. The second kappa shape index (κ2) is 6.44. The molecule has 4 amide bonds. The molecule has 2 atom stereocenters. The highest BCUT2D eigenvalue weighted by molar-refractivity contribution is 5.86. The Kier molecular flexibility index (Phi) is 4.29. The minimum absolute atomic E-state index is 0.0893. The van der Waals surface area contributed by atoms with E-state index in [0.29, 0.717) is 0 Å². The third-order valence-corrected chi connectivity index (χ3v) is 5.66. The first-order valence-corrected chi connectivity index (χ1v) is 8.60. The topological polar surface area (TPSA) is 169 Å². The largest absolute Gasteiger partial charge is 0.480 e. The Hall–Kier alpha value is -2.68. The van der Waals surface area contributed by atoms with Gasteiger partial charge in [0, 0.05) is 0 Å². The van der Waals surface area contributed by atoms with Gasteiger partial charge in [0.15, 0.2) is 12.3 Å². The van der Waals surface area contributed by atoms with Crippen LogP contribution in [0.3, 0.4) is 0 Å². The molecule has 4 rings (SSSR count). The van der Waals surface area contributed by atoms with Crippen LogP contribution in [0.25, 0.3) is 0 Å². The molecule has 4 saturated heterocycles. The Balaban J connectivity index is 1.64. The van der Waals surface area contributed by atoms with E-state index >= 15 is 0 Å². The van der Waals surface area contributed by atoms with Crippen molar-refractivity contribution in [2.75, 3.05) is 39.9 Å². The number of carboxylic acids is 2. The maximum atomic E-state index is 12.9. The molecule has 0 aromatic heterocycles. The molecule has 4 N–H and O–H groups in total. The molecule has 4 fully saturated rings. The molecule has 28 heavy (non-hydrogen) atoms. The van der Waals surface area contributed by atoms with E-state index in [4.69, 9.17) is 0 Å². The van der Waals surface area contributed by atoms with E-state index in [-0.39, 0.29) is 26.7 Å². The fourth-order valence-corrected chi connectivity index (χ4v) is 4.31. The van der Waals surface area contributed by atoms with Crippen LogP contribution in [0.2, 0.25) is 0 Å². The average Bonchev–Trinajstić information content (AvgIpc) is 3.09. The van der Waals surface area contributed by atoms with Crippen molar-refractivity contribution in [3.63, 3.8) is 0 Å². The van der Waals surface area contributed by atoms with Crippen molar-refractivity contribution < 1.29 is 39.6 Å². The average molecular weight is 400 g/mol. The fourth-order valence-electron chi connectivity index (χ4n) is 4.31. The van der Waals surface area contributed by atoms with Crippen molar-refractivity contribution in [1.82, 2.24) is 29.4 Å². The Morgan fingerprint density at radius 1 is 0.750 bits per heavy atom. The summed E-state index contributed by atoms with van der Waals surface area (Å²) in [6, 6.07) is -3.49. The number of carbonyl (C=O) groups excluding carboxylic acids is 2. The molecule has 2 unspecified atom stereocenters. The maximum absolute atomic E-state index is 12.9. The molecule has 0 spiro atoms. The van der Waals surface area contributed by atoms with Gasteiger partial charge in [-0.25, -0.2) is 9.59 Å². The van der Waals surface area contributed by atoms with Gasteiger partial charge in [-0.1, -0.05) is 0 Å². The number of carbonyl (C=O) groups is 4. The number of amides is 4. The van der Waals surface area contributed by atoms with Gasteiger partial charge in [-0.15, -0.1) is 0 Å². The first kappa shape index (κ1) is 18.7. The highest BCUT2D eigenvalue weighted by Crippen LogP contribution is 2.40. The predicted octanol–water partition coefficient (Wildman–Crippen LogP) is -3.53. The summed E-state index contributed by atoms with van der Waals surface area (Å²) in [6.45, 7) is -1.71. The van der Waals surface area contributed by atoms with E-state index in [9.17, 15) is 39.6 Å². The minimum atomic E-state index is -1.27. The summed E-state index contributed by atoms with van der Waals surface area (Å²) in [6.07, 6.45) is -1.24. The molecular weight excluding hydrogens is 380 g/mol. The zero-order chi connectivity index (χ0) is 20.3. The van der Waals surface area contributed by atoms with Crippen LogP contribution < -0.4 is 0 Å². The molecule has 0 aliphatic carbocycles. The van der Waals surface area contributed by atoms with Gasteiger partial charge >= 0.3 is 24.0 Å². The molecular formula is C14H20N6O8. The quantitative estimate of drug-likeness (QED) is 0.350. The van der Waals surface area contributed by atoms with Crippen LogP contribution in [0, 0.1) is 0 Å². The van der Waals surface area contributed by atoms with E-state index in [0.717, 1.165) is 0 Å². The number of carboxylic acid groups (broad SMARTS) is 2. The van der Waals surface area contributed by atoms with Gasteiger partial charge < -0.3 is 20.4 Å². The first-order valence-electron chi connectivity index (χ1n) is 8.60. The van der Waals surface area contributed by atoms with E-state index in [1.807, 2.05) is 0 Å². The van der Waals surface area contributed by atoms with Crippen LogP contribution in [0.4, 0.5) is 9.59 Å². The molecule has 14 nitrogen and oxygen atoms in total. The van der Waals surface area contributed by atoms with E-state index in [1.165, 1.54) is 29.4 Å². The third kappa shape index (κ3) is 2.42. The molecule has 0 saturated carbocycles. The number of rotatable bonds is 6. The Morgan fingerprint density at radius 3 is 1.25 bits per heavy atom. The van der Waals surface area contributed by atoms with Crippen molar-refractivity contribution in [2.24, 2.45) is 0 Å². The smallest absolute Gasteiger partial charge is 0.325 e. The SMILES string of the molecule is O=C(O)C(CO)N1CN2C(=O)N3CN(C(CO)C(=O)O)CN4C(=O)N(C1)C2C34. The molecule has 14 heteroatoms. The van der Waals surface area contributed by atoms with E-state index in [1.54, 1.807) is 0 Å². The van der Waals surface area contributed by atoms with Crippen LogP contribution in [0.1, 0.15) is 0 Å². The highest BCUT2D eigenvalue weighted by Gasteiger charge is 2.64.